The fraction of sp³-hybridized carbons (Fsp3) is 0.200. The molecule has 0 aliphatic carbocycles. The molecular formula is C10H6ClNO3. The highest BCUT2D eigenvalue weighted by Crippen LogP contribution is 2.34. The van der Waals surface area contributed by atoms with E-state index in [0.717, 1.165) is 0 Å². The number of rotatable bonds is 2. The fourth-order valence-corrected chi connectivity index (χ4v) is 1.53. The van der Waals surface area contributed by atoms with Crippen LogP contribution < -0.4 is 9.47 Å². The molecule has 0 bridgehead atoms. The molecule has 4 nitrogen and oxygen atoms in total. The standard InChI is InChI=1S/C10H6ClNO3/c11-10(13)3-6-1-8-9(15-5-14-8)2-7(6)4-12/h1-2H,3,5H2. The Hall–Kier alpha value is -1.73. The molecule has 0 atom stereocenters. The molecule has 76 valence electrons. The topological polar surface area (TPSA) is 59.3 Å². The van der Waals surface area contributed by atoms with Crippen LogP contribution in [0.15, 0.2) is 12.1 Å². The Labute approximate surface area is 91.0 Å². The summed E-state index contributed by atoms with van der Waals surface area (Å²) >= 11 is 5.27. The van der Waals surface area contributed by atoms with Crippen molar-refractivity contribution in [3.8, 4) is 17.6 Å². The van der Waals surface area contributed by atoms with E-state index in [9.17, 15) is 4.79 Å². The monoisotopic (exact) mass is 223 g/mol. The van der Waals surface area contributed by atoms with Crippen LogP contribution in [0, 0.1) is 11.3 Å². The average Bonchev–Trinajstić information content (AvgIpc) is 2.62. The quantitative estimate of drug-likeness (QED) is 0.715. The van der Waals surface area contributed by atoms with Crippen LogP contribution in [0.25, 0.3) is 0 Å². The van der Waals surface area contributed by atoms with Crippen LogP contribution in [0.4, 0.5) is 0 Å². The lowest BCUT2D eigenvalue weighted by Gasteiger charge is -2.02. The van der Waals surface area contributed by atoms with Gasteiger partial charge in [0.2, 0.25) is 12.0 Å². The Morgan fingerprint density at radius 3 is 2.73 bits per heavy atom. The van der Waals surface area contributed by atoms with Crippen LogP contribution in [-0.4, -0.2) is 12.0 Å². The maximum Gasteiger partial charge on any atom is 0.231 e. The van der Waals surface area contributed by atoms with Crippen molar-refractivity contribution in [2.75, 3.05) is 6.79 Å². The van der Waals surface area contributed by atoms with E-state index in [1.165, 1.54) is 0 Å². The van der Waals surface area contributed by atoms with Gasteiger partial charge in [-0.15, -0.1) is 0 Å². The van der Waals surface area contributed by atoms with Gasteiger partial charge in [0.1, 0.15) is 0 Å². The maximum absolute atomic E-state index is 10.8. The zero-order valence-electron chi connectivity index (χ0n) is 7.62. The van der Waals surface area contributed by atoms with E-state index in [1.54, 1.807) is 12.1 Å². The number of benzene rings is 1. The molecule has 2 rings (SSSR count). The van der Waals surface area contributed by atoms with E-state index in [4.69, 9.17) is 26.3 Å². The van der Waals surface area contributed by atoms with Crippen LogP contribution in [0.5, 0.6) is 11.5 Å². The smallest absolute Gasteiger partial charge is 0.231 e. The van der Waals surface area contributed by atoms with Gasteiger partial charge in [-0.1, -0.05) is 0 Å². The molecule has 1 aromatic rings. The molecule has 0 aromatic heterocycles. The molecule has 1 aliphatic rings. The molecular weight excluding hydrogens is 218 g/mol. The second-order valence-corrected chi connectivity index (χ2v) is 3.43. The van der Waals surface area contributed by atoms with E-state index in [2.05, 4.69) is 0 Å². The predicted molar refractivity (Wildman–Crippen MR) is 51.8 cm³/mol. The first-order valence-corrected chi connectivity index (χ1v) is 4.59. The molecule has 0 amide bonds. The number of fused-ring (bicyclic) bond motifs is 1. The minimum Gasteiger partial charge on any atom is -0.454 e. The third kappa shape index (κ3) is 1.88. The van der Waals surface area contributed by atoms with Crippen molar-refractivity contribution in [1.29, 1.82) is 5.26 Å². The second kappa shape index (κ2) is 3.79. The van der Waals surface area contributed by atoms with E-state index >= 15 is 0 Å². The van der Waals surface area contributed by atoms with Crippen LogP contribution in [0.1, 0.15) is 11.1 Å². The first-order chi connectivity index (χ1) is 7.20. The summed E-state index contributed by atoms with van der Waals surface area (Å²) in [7, 11) is 0. The van der Waals surface area contributed by atoms with Gasteiger partial charge < -0.3 is 9.47 Å². The van der Waals surface area contributed by atoms with Crippen molar-refractivity contribution >= 4 is 16.8 Å². The molecule has 0 unspecified atom stereocenters. The highest BCUT2D eigenvalue weighted by molar-refractivity contribution is 6.63. The SMILES string of the molecule is N#Cc1cc2c(cc1CC(=O)Cl)OCO2. The molecule has 1 aliphatic heterocycles. The summed E-state index contributed by atoms with van der Waals surface area (Å²) in [5, 5.41) is 8.35. The first-order valence-electron chi connectivity index (χ1n) is 4.21. The number of nitrogens with zero attached hydrogens (tertiary/aromatic N) is 1. The van der Waals surface area contributed by atoms with Gasteiger partial charge in [-0.3, -0.25) is 4.79 Å². The van der Waals surface area contributed by atoms with Gasteiger partial charge in [0.05, 0.1) is 11.6 Å². The number of carbonyl (C=O) groups excluding carboxylic acids is 1. The van der Waals surface area contributed by atoms with E-state index in [-0.39, 0.29) is 13.2 Å². The molecule has 0 spiro atoms. The summed E-state index contributed by atoms with van der Waals surface area (Å²) in [4.78, 5) is 10.8. The Kier molecular flexibility index (Phi) is 2.48. The Bertz CT molecular complexity index is 464. The van der Waals surface area contributed by atoms with E-state index in [0.29, 0.717) is 22.6 Å². The number of hydrogen-bond acceptors (Lipinski definition) is 4. The third-order valence-electron chi connectivity index (χ3n) is 2.05. The van der Waals surface area contributed by atoms with Crippen molar-refractivity contribution < 1.29 is 14.3 Å². The Balaban J connectivity index is 2.45. The molecule has 1 heterocycles. The molecule has 0 saturated carbocycles. The molecule has 5 heteroatoms. The summed E-state index contributed by atoms with van der Waals surface area (Å²) in [6.07, 6.45) is 0.0150. The second-order valence-electron chi connectivity index (χ2n) is 3.01. The van der Waals surface area contributed by atoms with Crippen molar-refractivity contribution in [2.45, 2.75) is 6.42 Å². The number of carbonyl (C=O) groups is 1. The van der Waals surface area contributed by atoms with E-state index in [1.807, 2.05) is 6.07 Å². The summed E-state index contributed by atoms with van der Waals surface area (Å²) in [5.41, 5.74) is 0.940. The van der Waals surface area contributed by atoms with Gasteiger partial charge in [0, 0.05) is 12.5 Å². The zero-order chi connectivity index (χ0) is 10.8. The third-order valence-corrected chi connectivity index (χ3v) is 2.18. The number of halogens is 1. The molecule has 15 heavy (non-hydrogen) atoms. The minimum atomic E-state index is -0.509. The van der Waals surface area contributed by atoms with Crippen molar-refractivity contribution in [3.63, 3.8) is 0 Å². The van der Waals surface area contributed by atoms with Crippen LogP contribution in [-0.2, 0) is 11.2 Å². The van der Waals surface area contributed by atoms with Crippen LogP contribution in [0.3, 0.4) is 0 Å². The maximum atomic E-state index is 10.8. The Morgan fingerprint density at radius 2 is 2.13 bits per heavy atom. The van der Waals surface area contributed by atoms with Gasteiger partial charge in [0.25, 0.3) is 0 Å². The number of ether oxygens (including phenoxy) is 2. The highest BCUT2D eigenvalue weighted by atomic mass is 35.5. The zero-order valence-corrected chi connectivity index (χ0v) is 8.37. The van der Waals surface area contributed by atoms with Crippen molar-refractivity contribution in [1.82, 2.24) is 0 Å². The van der Waals surface area contributed by atoms with Crippen LogP contribution >= 0.6 is 11.6 Å². The normalized spacial score (nSPS) is 12.3. The summed E-state index contributed by atoms with van der Waals surface area (Å²) in [6.45, 7) is 0.137. The fourth-order valence-electron chi connectivity index (χ4n) is 1.38. The summed E-state index contributed by atoms with van der Waals surface area (Å²) in [6, 6.07) is 5.15. The van der Waals surface area contributed by atoms with Crippen LogP contribution in [0.2, 0.25) is 0 Å². The van der Waals surface area contributed by atoms with E-state index < -0.39 is 5.24 Å². The Morgan fingerprint density at radius 1 is 1.47 bits per heavy atom. The predicted octanol–water partition coefficient (Wildman–Crippen LogP) is 1.59. The first kappa shape index (κ1) is 9.81. The largest absolute Gasteiger partial charge is 0.454 e. The molecule has 0 N–H and O–H groups in total. The average molecular weight is 224 g/mol. The summed E-state index contributed by atoms with van der Waals surface area (Å²) in [5.74, 6) is 1.07. The van der Waals surface area contributed by atoms with Gasteiger partial charge in [-0.25, -0.2) is 0 Å². The molecule has 1 aromatic carbocycles. The molecule has 0 fully saturated rings. The van der Waals surface area contributed by atoms with Crippen molar-refractivity contribution in [2.24, 2.45) is 0 Å². The van der Waals surface area contributed by atoms with Crippen molar-refractivity contribution in [3.05, 3.63) is 23.3 Å². The lowest BCUT2D eigenvalue weighted by Crippen LogP contribution is -1.97. The molecule has 0 radical (unpaired) electrons. The van der Waals surface area contributed by atoms with Gasteiger partial charge in [-0.05, 0) is 23.2 Å². The lowest BCUT2D eigenvalue weighted by atomic mass is 10.1. The summed E-state index contributed by atoms with van der Waals surface area (Å²) < 4.78 is 10.2. The van der Waals surface area contributed by atoms with Gasteiger partial charge >= 0.3 is 0 Å². The van der Waals surface area contributed by atoms with Gasteiger partial charge in [-0.2, -0.15) is 5.26 Å². The van der Waals surface area contributed by atoms with Gasteiger partial charge in [0.15, 0.2) is 11.5 Å². The number of hydrogen-bond donors (Lipinski definition) is 0. The molecule has 0 saturated heterocycles. The minimum absolute atomic E-state index is 0.0150. The number of nitriles is 1. The lowest BCUT2D eigenvalue weighted by molar-refractivity contribution is -0.111. The highest BCUT2D eigenvalue weighted by Gasteiger charge is 2.17.